The Balaban J connectivity index is 3.55. The number of rotatable bonds is 4. The molecule has 0 heterocycles. The maximum absolute atomic E-state index is 10.1. The van der Waals surface area contributed by atoms with Gasteiger partial charge in [-0.25, -0.2) is 4.79 Å². The second-order valence-corrected chi connectivity index (χ2v) is 1.58. The monoisotopic (exact) mass is 146 g/mol. The second-order valence-electron chi connectivity index (χ2n) is 1.58. The van der Waals surface area contributed by atoms with Gasteiger partial charge in [0.15, 0.2) is 0 Å². The van der Waals surface area contributed by atoms with Crippen molar-refractivity contribution in [3.05, 3.63) is 0 Å². The Hall–Kier alpha value is -1.14. The lowest BCUT2D eigenvalue weighted by Gasteiger charge is -1.97. The summed E-state index contributed by atoms with van der Waals surface area (Å²) in [5.74, 6) is 3.81. The van der Waals surface area contributed by atoms with Crippen molar-refractivity contribution in [3.8, 4) is 0 Å². The fraction of sp³-hybridized carbons (Fsp3) is 0.500. The molecule has 0 aromatic rings. The molecule has 6 heteroatoms. The van der Waals surface area contributed by atoms with E-state index in [0.29, 0.717) is 0 Å². The van der Waals surface area contributed by atoms with E-state index >= 15 is 0 Å². The zero-order valence-electron chi connectivity index (χ0n) is 5.53. The van der Waals surface area contributed by atoms with Gasteiger partial charge in [-0.2, -0.15) is 5.53 Å². The van der Waals surface area contributed by atoms with Crippen LogP contribution in [-0.4, -0.2) is 23.5 Å². The fourth-order valence-corrected chi connectivity index (χ4v) is 0.250. The molecule has 0 aromatic heterocycles. The van der Waals surface area contributed by atoms with Crippen LogP contribution in [0.15, 0.2) is 4.99 Å². The zero-order chi connectivity index (χ0) is 7.98. The fourth-order valence-electron chi connectivity index (χ4n) is 0.250. The molecule has 0 saturated carbocycles. The summed E-state index contributed by atoms with van der Waals surface area (Å²) in [4.78, 5) is 13.6. The van der Waals surface area contributed by atoms with Gasteiger partial charge < -0.3 is 5.11 Å². The van der Waals surface area contributed by atoms with Crippen molar-refractivity contribution in [2.45, 2.75) is 13.0 Å². The third-order valence-corrected chi connectivity index (χ3v) is 0.803. The highest BCUT2D eigenvalue weighted by Crippen LogP contribution is 1.84. The second kappa shape index (κ2) is 4.71. The largest absolute Gasteiger partial charge is 0.480 e. The molecule has 0 spiro atoms. The lowest BCUT2D eigenvalue weighted by Crippen LogP contribution is -2.37. The van der Waals surface area contributed by atoms with Crippen molar-refractivity contribution in [1.82, 2.24) is 11.0 Å². The van der Waals surface area contributed by atoms with Crippen molar-refractivity contribution in [1.29, 1.82) is 0 Å². The quantitative estimate of drug-likeness (QED) is 0.167. The molecule has 0 aliphatic rings. The molecule has 0 radical (unpaired) electrons. The number of carbonyl (C=O) groups is 1. The zero-order valence-corrected chi connectivity index (χ0v) is 5.53. The number of aliphatic carboxylic acids is 1. The van der Waals surface area contributed by atoms with Gasteiger partial charge >= 0.3 is 5.97 Å². The normalized spacial score (nSPS) is 13.4. The number of carboxylic acid groups (broad SMARTS) is 1. The number of hydrogen-bond acceptors (Lipinski definition) is 4. The van der Waals surface area contributed by atoms with E-state index in [9.17, 15) is 4.79 Å². The molecule has 0 aliphatic heterocycles. The summed E-state index contributed by atoms with van der Waals surface area (Å²) >= 11 is 0. The third-order valence-electron chi connectivity index (χ3n) is 0.803. The Morgan fingerprint density at radius 3 is 2.90 bits per heavy atom. The molecule has 0 bridgehead atoms. The van der Waals surface area contributed by atoms with Crippen LogP contribution in [0, 0.1) is 0 Å². The van der Waals surface area contributed by atoms with E-state index in [0.717, 1.165) is 0 Å². The highest BCUT2D eigenvalue weighted by molar-refractivity contribution is 5.75. The minimum Gasteiger partial charge on any atom is -0.480 e. The SMILES string of the molecule is C[C@H](N=CNNN)C(=O)O. The van der Waals surface area contributed by atoms with Crippen molar-refractivity contribution < 1.29 is 9.90 Å². The minimum absolute atomic E-state index is 0.749. The first-order valence-electron chi connectivity index (χ1n) is 2.64. The van der Waals surface area contributed by atoms with E-state index in [4.69, 9.17) is 10.9 Å². The first-order valence-corrected chi connectivity index (χ1v) is 2.64. The predicted octanol–water partition coefficient (Wildman–Crippen LogP) is -1.54. The highest BCUT2D eigenvalue weighted by Gasteiger charge is 2.05. The maximum Gasteiger partial charge on any atom is 0.328 e. The molecule has 0 rings (SSSR count). The van der Waals surface area contributed by atoms with Crippen LogP contribution >= 0.6 is 0 Å². The number of hydrogen-bond donors (Lipinski definition) is 4. The van der Waals surface area contributed by atoms with Crippen LogP contribution in [0.2, 0.25) is 0 Å². The molecule has 6 nitrogen and oxygen atoms in total. The Kier molecular flexibility index (Phi) is 4.17. The molecule has 0 fully saturated rings. The number of carboxylic acids is 1. The standard InChI is InChI=1S/C4H10N4O2/c1-3(4(9)10)6-2-7-8-5/h2-3,8H,5H2,1H3,(H,6,7)(H,9,10)/t3-/m0/s1. The van der Waals surface area contributed by atoms with Crippen LogP contribution in [0.25, 0.3) is 0 Å². The third kappa shape index (κ3) is 3.81. The van der Waals surface area contributed by atoms with E-state index < -0.39 is 12.0 Å². The molecule has 0 aromatic carbocycles. The van der Waals surface area contributed by atoms with Crippen LogP contribution in [0.3, 0.4) is 0 Å². The highest BCUT2D eigenvalue weighted by atomic mass is 16.4. The summed E-state index contributed by atoms with van der Waals surface area (Å²) in [6, 6.07) is -0.749. The Bertz CT molecular complexity index is 135. The first-order chi connectivity index (χ1) is 4.68. The summed E-state index contributed by atoms with van der Waals surface area (Å²) in [6.45, 7) is 1.46. The van der Waals surface area contributed by atoms with Crippen LogP contribution < -0.4 is 16.8 Å². The van der Waals surface area contributed by atoms with Crippen LogP contribution in [-0.2, 0) is 4.79 Å². The van der Waals surface area contributed by atoms with Gasteiger partial charge in [-0.05, 0) is 6.92 Å². The van der Waals surface area contributed by atoms with Gasteiger partial charge in [0.05, 0.1) is 6.34 Å². The molecule has 0 amide bonds. The summed E-state index contributed by atoms with van der Waals surface area (Å²) in [7, 11) is 0. The number of aliphatic imine (C=N–C) groups is 1. The van der Waals surface area contributed by atoms with Crippen molar-refractivity contribution in [2.24, 2.45) is 10.8 Å². The van der Waals surface area contributed by atoms with Gasteiger partial charge in [0.1, 0.15) is 6.04 Å². The van der Waals surface area contributed by atoms with E-state index in [-0.39, 0.29) is 0 Å². The smallest absolute Gasteiger partial charge is 0.328 e. The Morgan fingerprint density at radius 1 is 1.90 bits per heavy atom. The molecule has 58 valence electrons. The topological polar surface area (TPSA) is 99.7 Å². The van der Waals surface area contributed by atoms with E-state index in [1.54, 1.807) is 0 Å². The van der Waals surface area contributed by atoms with Crippen LogP contribution in [0.1, 0.15) is 6.92 Å². The molecule has 10 heavy (non-hydrogen) atoms. The molecule has 5 N–H and O–H groups in total. The minimum atomic E-state index is -0.977. The Morgan fingerprint density at radius 2 is 2.50 bits per heavy atom. The molecule has 1 atom stereocenters. The lowest BCUT2D eigenvalue weighted by atomic mass is 10.4. The van der Waals surface area contributed by atoms with Crippen LogP contribution in [0.5, 0.6) is 0 Å². The number of nitrogens with one attached hydrogen (secondary N) is 2. The summed E-state index contributed by atoms with van der Waals surface area (Å²) < 4.78 is 0. The van der Waals surface area contributed by atoms with E-state index in [2.05, 4.69) is 16.0 Å². The van der Waals surface area contributed by atoms with Gasteiger partial charge in [-0.15, -0.1) is 0 Å². The molecular formula is C4H10N4O2. The van der Waals surface area contributed by atoms with Gasteiger partial charge in [0.25, 0.3) is 0 Å². The van der Waals surface area contributed by atoms with Gasteiger partial charge in [-0.3, -0.25) is 16.3 Å². The summed E-state index contributed by atoms with van der Waals surface area (Å²) in [5, 5.41) is 8.29. The summed E-state index contributed by atoms with van der Waals surface area (Å²) in [6.07, 6.45) is 1.18. The number of nitrogens with zero attached hydrogens (tertiary/aromatic N) is 1. The van der Waals surface area contributed by atoms with Crippen LogP contribution in [0.4, 0.5) is 0 Å². The van der Waals surface area contributed by atoms with Crippen molar-refractivity contribution >= 4 is 12.3 Å². The lowest BCUT2D eigenvalue weighted by molar-refractivity contribution is -0.137. The molecular weight excluding hydrogens is 136 g/mol. The predicted molar refractivity (Wildman–Crippen MR) is 36.0 cm³/mol. The van der Waals surface area contributed by atoms with Gasteiger partial charge in [0.2, 0.25) is 0 Å². The van der Waals surface area contributed by atoms with Gasteiger partial charge in [-0.1, -0.05) is 0 Å². The maximum atomic E-state index is 10.1. The van der Waals surface area contributed by atoms with E-state index in [1.165, 1.54) is 13.3 Å². The molecule has 0 saturated heterocycles. The number of nitrogens with two attached hydrogens (primary N) is 1. The van der Waals surface area contributed by atoms with Gasteiger partial charge in [0, 0.05) is 0 Å². The van der Waals surface area contributed by atoms with Crippen molar-refractivity contribution in [3.63, 3.8) is 0 Å². The Labute approximate surface area is 58.1 Å². The van der Waals surface area contributed by atoms with E-state index in [1.807, 2.05) is 0 Å². The average Bonchev–Trinajstić information content (AvgIpc) is 1.88. The van der Waals surface area contributed by atoms with Crippen molar-refractivity contribution in [2.75, 3.05) is 0 Å². The molecule has 0 aliphatic carbocycles. The molecule has 0 unspecified atom stereocenters. The average molecular weight is 146 g/mol. The first kappa shape index (κ1) is 8.86. The summed E-state index contributed by atoms with van der Waals surface area (Å²) in [5.41, 5.74) is 4.38. The number of hydrazine groups is 2.